The Morgan fingerprint density at radius 2 is 1.57 bits per heavy atom. The molecule has 0 aliphatic heterocycles. The minimum atomic E-state index is -3.85. The van der Waals surface area contributed by atoms with Gasteiger partial charge in [0, 0.05) is 25.7 Å². The molecule has 0 fully saturated rings. The standard InChI is InChI=1S/C21H25O5PS/c1-12(2)24-27(23,25-13(3)4)26-21-14(5)11-18-19(15(21)6)20(22)16-9-7-8-10-17(16)28-18/h7-13H,1-6H3. The molecule has 0 unspecified atom stereocenters. The molecule has 2 aromatic carbocycles. The van der Waals surface area contributed by atoms with Gasteiger partial charge in [-0.25, -0.2) is 4.57 Å². The molecule has 0 N–H and O–H groups in total. The lowest BCUT2D eigenvalue weighted by Crippen LogP contribution is -2.13. The first-order valence-corrected chi connectivity index (χ1v) is 11.5. The van der Waals surface area contributed by atoms with E-state index in [1.807, 2.05) is 44.2 Å². The molecule has 0 aliphatic rings. The fraction of sp³-hybridized carbons (Fsp3) is 0.381. The van der Waals surface area contributed by atoms with Crippen LogP contribution in [0.5, 0.6) is 5.75 Å². The number of aryl methyl sites for hydroxylation is 2. The molecule has 28 heavy (non-hydrogen) atoms. The second-order valence-electron chi connectivity index (χ2n) is 7.29. The van der Waals surface area contributed by atoms with Crippen molar-refractivity contribution in [2.75, 3.05) is 0 Å². The smallest absolute Gasteiger partial charge is 0.403 e. The Labute approximate surface area is 168 Å². The van der Waals surface area contributed by atoms with E-state index in [1.54, 1.807) is 39.0 Å². The van der Waals surface area contributed by atoms with E-state index in [2.05, 4.69) is 0 Å². The van der Waals surface area contributed by atoms with E-state index in [4.69, 9.17) is 13.6 Å². The molecule has 150 valence electrons. The summed E-state index contributed by atoms with van der Waals surface area (Å²) in [7, 11) is -3.85. The van der Waals surface area contributed by atoms with E-state index in [0.29, 0.717) is 22.1 Å². The van der Waals surface area contributed by atoms with Gasteiger partial charge in [-0.3, -0.25) is 13.8 Å². The summed E-state index contributed by atoms with van der Waals surface area (Å²) in [6.07, 6.45) is -0.682. The lowest BCUT2D eigenvalue weighted by Gasteiger charge is -2.24. The summed E-state index contributed by atoms with van der Waals surface area (Å²) in [5.74, 6) is 0.372. The van der Waals surface area contributed by atoms with Gasteiger partial charge in [-0.05, 0) is 65.3 Å². The minimum Gasteiger partial charge on any atom is -0.403 e. The van der Waals surface area contributed by atoms with Crippen LogP contribution in [0.1, 0.15) is 38.8 Å². The number of fused-ring (bicyclic) bond motifs is 2. The molecule has 0 atom stereocenters. The Morgan fingerprint density at radius 3 is 2.18 bits per heavy atom. The number of phosphoric acid groups is 1. The van der Waals surface area contributed by atoms with Crippen LogP contribution in [0, 0.1) is 13.8 Å². The van der Waals surface area contributed by atoms with Crippen molar-refractivity contribution >= 4 is 39.3 Å². The SMILES string of the molecule is Cc1cc2sc3ccccc3c(=O)c2c(C)c1OP(=O)(OC(C)C)OC(C)C. The molecular formula is C21H25O5PS. The largest absolute Gasteiger partial charge is 0.530 e. The van der Waals surface area contributed by atoms with E-state index >= 15 is 0 Å². The average Bonchev–Trinajstić information content (AvgIpc) is 2.57. The maximum atomic E-state index is 13.2. The van der Waals surface area contributed by atoms with E-state index in [1.165, 1.54) is 0 Å². The van der Waals surface area contributed by atoms with Gasteiger partial charge in [0.2, 0.25) is 0 Å². The molecule has 0 spiro atoms. The zero-order chi connectivity index (χ0) is 20.6. The highest BCUT2D eigenvalue weighted by molar-refractivity contribution is 7.49. The average molecular weight is 420 g/mol. The molecule has 0 saturated heterocycles. The van der Waals surface area contributed by atoms with Crippen LogP contribution in [0.2, 0.25) is 0 Å². The topological polar surface area (TPSA) is 61.8 Å². The van der Waals surface area contributed by atoms with Crippen molar-refractivity contribution in [3.05, 3.63) is 51.7 Å². The number of rotatable bonds is 6. The first-order chi connectivity index (χ1) is 13.1. The molecule has 1 aromatic heterocycles. The Hall–Kier alpha value is -1.72. The van der Waals surface area contributed by atoms with Gasteiger partial charge < -0.3 is 4.52 Å². The zero-order valence-electron chi connectivity index (χ0n) is 16.9. The summed E-state index contributed by atoms with van der Waals surface area (Å²) in [6, 6.07) is 9.43. The second kappa shape index (κ2) is 7.96. The number of benzene rings is 2. The molecule has 7 heteroatoms. The predicted molar refractivity (Wildman–Crippen MR) is 116 cm³/mol. The van der Waals surface area contributed by atoms with Crippen molar-refractivity contribution in [3.63, 3.8) is 0 Å². The Kier molecular flexibility index (Phi) is 5.97. The van der Waals surface area contributed by atoms with Crippen LogP contribution >= 0.6 is 19.2 Å². The molecule has 5 nitrogen and oxygen atoms in total. The third-order valence-electron chi connectivity index (χ3n) is 4.13. The molecule has 3 rings (SSSR count). The first kappa shape index (κ1) is 21.0. The number of phosphoric ester groups is 1. The van der Waals surface area contributed by atoms with Crippen molar-refractivity contribution < 1.29 is 18.1 Å². The fourth-order valence-corrected chi connectivity index (χ4v) is 6.03. The van der Waals surface area contributed by atoms with Crippen LogP contribution in [-0.4, -0.2) is 12.2 Å². The lowest BCUT2D eigenvalue weighted by molar-refractivity contribution is 0.103. The second-order valence-corrected chi connectivity index (χ2v) is 9.88. The molecule has 1 heterocycles. The monoisotopic (exact) mass is 420 g/mol. The van der Waals surface area contributed by atoms with E-state index < -0.39 is 7.82 Å². The van der Waals surface area contributed by atoms with Gasteiger partial charge in [0.1, 0.15) is 5.75 Å². The summed E-state index contributed by atoms with van der Waals surface area (Å²) in [6.45, 7) is 10.7. The summed E-state index contributed by atoms with van der Waals surface area (Å²) in [5, 5.41) is 1.24. The van der Waals surface area contributed by atoms with E-state index in [9.17, 15) is 9.36 Å². The van der Waals surface area contributed by atoms with Crippen LogP contribution < -0.4 is 9.95 Å². The molecule has 0 bridgehead atoms. The molecule has 0 radical (unpaired) electrons. The third kappa shape index (κ3) is 4.15. The van der Waals surface area contributed by atoms with Gasteiger partial charge in [-0.2, -0.15) is 0 Å². The van der Waals surface area contributed by atoms with Crippen LogP contribution in [0.25, 0.3) is 20.2 Å². The quantitative estimate of drug-likeness (QED) is 0.343. The Balaban J connectivity index is 2.21. The van der Waals surface area contributed by atoms with Gasteiger partial charge in [0.05, 0.1) is 12.2 Å². The molecule has 0 saturated carbocycles. The van der Waals surface area contributed by atoms with Gasteiger partial charge >= 0.3 is 7.82 Å². The highest BCUT2D eigenvalue weighted by Crippen LogP contribution is 2.53. The summed E-state index contributed by atoms with van der Waals surface area (Å²) in [5.41, 5.74) is 1.36. The van der Waals surface area contributed by atoms with Crippen molar-refractivity contribution in [2.24, 2.45) is 0 Å². The van der Waals surface area contributed by atoms with Crippen LogP contribution in [0.3, 0.4) is 0 Å². The summed E-state index contributed by atoms with van der Waals surface area (Å²) in [4.78, 5) is 13.1. The highest BCUT2D eigenvalue weighted by Gasteiger charge is 2.33. The van der Waals surface area contributed by atoms with Crippen molar-refractivity contribution in [2.45, 2.75) is 53.8 Å². The summed E-state index contributed by atoms with van der Waals surface area (Å²) < 4.78 is 31.9. The summed E-state index contributed by atoms with van der Waals surface area (Å²) >= 11 is 1.55. The number of hydrogen-bond acceptors (Lipinski definition) is 6. The highest BCUT2D eigenvalue weighted by atomic mass is 32.1. The van der Waals surface area contributed by atoms with E-state index in [-0.39, 0.29) is 17.6 Å². The Morgan fingerprint density at radius 1 is 0.964 bits per heavy atom. The zero-order valence-corrected chi connectivity index (χ0v) is 18.6. The molecule has 0 aliphatic carbocycles. The Bertz CT molecular complexity index is 1120. The van der Waals surface area contributed by atoms with Crippen LogP contribution in [-0.2, 0) is 13.6 Å². The molecular weight excluding hydrogens is 395 g/mol. The van der Waals surface area contributed by atoms with Crippen molar-refractivity contribution in [3.8, 4) is 5.75 Å². The van der Waals surface area contributed by atoms with Crippen molar-refractivity contribution in [1.29, 1.82) is 0 Å². The lowest BCUT2D eigenvalue weighted by atomic mass is 10.0. The van der Waals surface area contributed by atoms with Crippen molar-refractivity contribution in [1.82, 2.24) is 0 Å². The fourth-order valence-electron chi connectivity index (χ4n) is 3.12. The minimum absolute atomic E-state index is 0.0592. The molecule has 3 aromatic rings. The predicted octanol–water partition coefficient (Wildman–Crippen LogP) is 6.37. The van der Waals surface area contributed by atoms with Gasteiger partial charge in [0.15, 0.2) is 5.43 Å². The maximum absolute atomic E-state index is 13.2. The van der Waals surface area contributed by atoms with Crippen LogP contribution in [0.4, 0.5) is 0 Å². The first-order valence-electron chi connectivity index (χ1n) is 9.23. The van der Waals surface area contributed by atoms with Gasteiger partial charge in [-0.15, -0.1) is 11.3 Å². The third-order valence-corrected chi connectivity index (χ3v) is 7.01. The normalized spacial score (nSPS) is 12.4. The van der Waals surface area contributed by atoms with E-state index in [0.717, 1.165) is 15.0 Å². The molecule has 0 amide bonds. The van der Waals surface area contributed by atoms with Gasteiger partial charge in [0.25, 0.3) is 0 Å². The van der Waals surface area contributed by atoms with Crippen LogP contribution in [0.15, 0.2) is 35.1 Å². The van der Waals surface area contributed by atoms with Gasteiger partial charge in [-0.1, -0.05) is 12.1 Å². The number of hydrogen-bond donors (Lipinski definition) is 0. The maximum Gasteiger partial charge on any atom is 0.530 e.